The van der Waals surface area contributed by atoms with Gasteiger partial charge in [0.05, 0.1) is 5.69 Å². The first-order chi connectivity index (χ1) is 8.76. The summed E-state index contributed by atoms with van der Waals surface area (Å²) >= 11 is 6.03. The molecule has 1 saturated heterocycles. The van der Waals surface area contributed by atoms with E-state index in [4.69, 9.17) is 16.3 Å². The number of carbonyl (C=O) groups is 1. The van der Waals surface area contributed by atoms with Crippen molar-refractivity contribution in [3.05, 3.63) is 22.5 Å². The lowest BCUT2D eigenvalue weighted by molar-refractivity contribution is 0.00816. The fraction of sp³-hybridized carbons (Fsp3) is 0.615. The molecule has 0 spiro atoms. The second kappa shape index (κ2) is 4.96. The molecule has 5 nitrogen and oxygen atoms in total. The van der Waals surface area contributed by atoms with E-state index in [-0.39, 0.29) is 12.0 Å². The van der Waals surface area contributed by atoms with Crippen LogP contribution in [0.4, 0.5) is 4.79 Å². The average molecular weight is 284 g/mol. The lowest BCUT2D eigenvalue weighted by Gasteiger charge is -2.40. The molecule has 0 N–H and O–H groups in total. The summed E-state index contributed by atoms with van der Waals surface area (Å²) in [5.74, 6) is 0.217. The Labute approximate surface area is 117 Å². The van der Waals surface area contributed by atoms with Gasteiger partial charge in [0.1, 0.15) is 5.60 Å². The molecule has 0 atom stereocenters. The van der Waals surface area contributed by atoms with E-state index in [2.05, 4.69) is 10.2 Å². The molecule has 1 amide bonds. The van der Waals surface area contributed by atoms with Gasteiger partial charge in [-0.3, -0.25) is 0 Å². The number of aryl methyl sites for hydroxylation is 1. The van der Waals surface area contributed by atoms with Crippen LogP contribution in [0.25, 0.3) is 0 Å². The second-order valence-electron chi connectivity index (χ2n) is 5.81. The second-order valence-corrected chi connectivity index (χ2v) is 6.17. The first kappa shape index (κ1) is 14.1. The Morgan fingerprint density at radius 1 is 1.42 bits per heavy atom. The summed E-state index contributed by atoms with van der Waals surface area (Å²) in [5, 5.41) is 8.20. The highest BCUT2D eigenvalue weighted by Gasteiger charge is 2.35. The van der Waals surface area contributed by atoms with Gasteiger partial charge in [0.15, 0.2) is 5.15 Å². The molecule has 0 bridgehead atoms. The molecule has 1 fully saturated rings. The van der Waals surface area contributed by atoms with Crippen molar-refractivity contribution < 1.29 is 9.53 Å². The minimum absolute atomic E-state index is 0.217. The van der Waals surface area contributed by atoms with Gasteiger partial charge >= 0.3 is 6.09 Å². The largest absolute Gasteiger partial charge is 0.444 e. The van der Waals surface area contributed by atoms with E-state index in [9.17, 15) is 4.79 Å². The van der Waals surface area contributed by atoms with E-state index in [1.54, 1.807) is 4.90 Å². The van der Waals surface area contributed by atoms with Gasteiger partial charge in [-0.2, -0.15) is 5.10 Å². The molecule has 1 aliphatic heterocycles. The van der Waals surface area contributed by atoms with Crippen LogP contribution in [0.5, 0.6) is 0 Å². The standard InChI is InChI=1S/C13H18ClN3O2/c1-8-5-10(11(14)16-15-8)9-6-17(7-9)12(18)19-13(2,3)4/h5,9H,6-7H2,1-4H3. The summed E-state index contributed by atoms with van der Waals surface area (Å²) in [4.78, 5) is 13.5. The fourth-order valence-electron chi connectivity index (χ4n) is 1.93. The summed E-state index contributed by atoms with van der Waals surface area (Å²) in [7, 11) is 0. The fourth-order valence-corrected chi connectivity index (χ4v) is 2.18. The maximum absolute atomic E-state index is 11.8. The van der Waals surface area contributed by atoms with Crippen molar-refractivity contribution in [3.63, 3.8) is 0 Å². The van der Waals surface area contributed by atoms with Gasteiger partial charge in [-0.25, -0.2) is 4.79 Å². The molecule has 0 aliphatic carbocycles. The van der Waals surface area contributed by atoms with Crippen molar-refractivity contribution >= 4 is 17.7 Å². The minimum atomic E-state index is -0.464. The van der Waals surface area contributed by atoms with Crippen molar-refractivity contribution in [1.82, 2.24) is 15.1 Å². The summed E-state index contributed by atoms with van der Waals surface area (Å²) in [6.45, 7) is 8.66. The molecule has 0 saturated carbocycles. The summed E-state index contributed by atoms with van der Waals surface area (Å²) in [6.07, 6.45) is -0.279. The number of hydrogen-bond donors (Lipinski definition) is 0. The van der Waals surface area contributed by atoms with Gasteiger partial charge in [-0.15, -0.1) is 5.10 Å². The van der Waals surface area contributed by atoms with E-state index < -0.39 is 5.60 Å². The van der Waals surface area contributed by atoms with Crippen LogP contribution in [0.2, 0.25) is 5.15 Å². The molecule has 0 unspecified atom stereocenters. The number of halogens is 1. The Kier molecular flexibility index (Phi) is 3.67. The normalized spacial score (nSPS) is 16.2. The smallest absolute Gasteiger partial charge is 0.410 e. The number of rotatable bonds is 1. The third-order valence-corrected chi connectivity index (χ3v) is 3.17. The molecular weight excluding hydrogens is 266 g/mol. The molecule has 104 valence electrons. The molecule has 1 aliphatic rings. The van der Waals surface area contributed by atoms with E-state index >= 15 is 0 Å². The minimum Gasteiger partial charge on any atom is -0.444 e. The number of hydrogen-bond acceptors (Lipinski definition) is 4. The molecule has 19 heavy (non-hydrogen) atoms. The number of nitrogens with zero attached hydrogens (tertiary/aromatic N) is 3. The SMILES string of the molecule is Cc1cc(C2CN(C(=O)OC(C)(C)C)C2)c(Cl)nn1. The number of likely N-dealkylation sites (tertiary alicyclic amines) is 1. The number of carbonyl (C=O) groups excluding carboxylic acids is 1. The monoisotopic (exact) mass is 283 g/mol. The lowest BCUT2D eigenvalue weighted by Crippen LogP contribution is -2.50. The Bertz CT molecular complexity index is 493. The highest BCUT2D eigenvalue weighted by molar-refractivity contribution is 6.30. The zero-order valence-corrected chi connectivity index (χ0v) is 12.4. The van der Waals surface area contributed by atoms with Crippen LogP contribution in [0.3, 0.4) is 0 Å². The third kappa shape index (κ3) is 3.35. The zero-order valence-electron chi connectivity index (χ0n) is 11.6. The van der Waals surface area contributed by atoms with Gasteiger partial charge in [0.2, 0.25) is 0 Å². The first-order valence-electron chi connectivity index (χ1n) is 6.24. The van der Waals surface area contributed by atoms with Crippen molar-refractivity contribution in [3.8, 4) is 0 Å². The molecule has 6 heteroatoms. The first-order valence-corrected chi connectivity index (χ1v) is 6.62. The van der Waals surface area contributed by atoms with E-state index in [0.29, 0.717) is 18.2 Å². The van der Waals surface area contributed by atoms with E-state index in [1.807, 2.05) is 33.8 Å². The van der Waals surface area contributed by atoms with Crippen LogP contribution < -0.4 is 0 Å². The Morgan fingerprint density at radius 2 is 2.05 bits per heavy atom. The van der Waals surface area contributed by atoms with Crippen molar-refractivity contribution in [1.29, 1.82) is 0 Å². The van der Waals surface area contributed by atoms with Crippen molar-refractivity contribution in [2.24, 2.45) is 0 Å². The van der Waals surface area contributed by atoms with Crippen LogP contribution in [-0.2, 0) is 4.74 Å². The van der Waals surface area contributed by atoms with Gasteiger partial charge in [-0.1, -0.05) is 11.6 Å². The molecule has 1 aromatic rings. The number of aromatic nitrogens is 2. The lowest BCUT2D eigenvalue weighted by atomic mass is 9.93. The molecule has 2 rings (SSSR count). The quantitative estimate of drug-likeness (QED) is 0.795. The van der Waals surface area contributed by atoms with Crippen LogP contribution in [0.15, 0.2) is 6.07 Å². The van der Waals surface area contributed by atoms with Gasteiger partial charge in [-0.05, 0) is 39.3 Å². The predicted octanol–water partition coefficient (Wildman–Crippen LogP) is 2.77. The maximum atomic E-state index is 11.8. The summed E-state index contributed by atoms with van der Waals surface area (Å²) in [5.41, 5.74) is 1.32. The molecule has 0 radical (unpaired) electrons. The van der Waals surface area contributed by atoms with Crippen molar-refractivity contribution in [2.45, 2.75) is 39.2 Å². The zero-order chi connectivity index (χ0) is 14.2. The molecule has 1 aromatic heterocycles. The number of ether oxygens (including phenoxy) is 1. The molecular formula is C13H18ClN3O2. The molecule has 0 aromatic carbocycles. The van der Waals surface area contributed by atoms with Gasteiger partial charge < -0.3 is 9.64 Å². The molecule has 2 heterocycles. The summed E-state index contributed by atoms with van der Waals surface area (Å²) < 4.78 is 5.31. The van der Waals surface area contributed by atoms with Crippen LogP contribution in [0.1, 0.15) is 37.9 Å². The topological polar surface area (TPSA) is 55.3 Å². The number of amides is 1. The maximum Gasteiger partial charge on any atom is 0.410 e. The van der Waals surface area contributed by atoms with E-state index in [1.165, 1.54) is 0 Å². The highest BCUT2D eigenvalue weighted by atomic mass is 35.5. The third-order valence-electron chi connectivity index (χ3n) is 2.87. The van der Waals surface area contributed by atoms with Gasteiger partial charge in [0, 0.05) is 19.0 Å². The van der Waals surface area contributed by atoms with Crippen molar-refractivity contribution in [2.75, 3.05) is 13.1 Å². The predicted molar refractivity (Wildman–Crippen MR) is 72.3 cm³/mol. The average Bonchev–Trinajstić information content (AvgIpc) is 2.18. The highest BCUT2D eigenvalue weighted by Crippen LogP contribution is 2.31. The van der Waals surface area contributed by atoms with E-state index in [0.717, 1.165) is 11.3 Å². The van der Waals surface area contributed by atoms with Crippen LogP contribution in [-0.4, -0.2) is 39.9 Å². The van der Waals surface area contributed by atoms with Crippen LogP contribution in [0, 0.1) is 6.92 Å². The Balaban J connectivity index is 1.96. The summed E-state index contributed by atoms with van der Waals surface area (Å²) in [6, 6.07) is 1.92. The van der Waals surface area contributed by atoms with Gasteiger partial charge in [0.25, 0.3) is 0 Å². The Hall–Kier alpha value is -1.36. The van der Waals surface area contributed by atoms with Crippen LogP contribution >= 0.6 is 11.6 Å². The Morgan fingerprint density at radius 3 is 2.63 bits per heavy atom.